The van der Waals surface area contributed by atoms with Gasteiger partial charge in [-0.05, 0) is 36.8 Å². The second-order valence-corrected chi connectivity index (χ2v) is 5.86. The van der Waals surface area contributed by atoms with Gasteiger partial charge in [-0.1, -0.05) is 23.7 Å². The minimum Gasteiger partial charge on any atom is -0.350 e. The van der Waals surface area contributed by atoms with E-state index in [1.165, 1.54) is 6.92 Å². The molecule has 0 fully saturated rings. The van der Waals surface area contributed by atoms with Crippen LogP contribution in [0.1, 0.15) is 24.6 Å². The van der Waals surface area contributed by atoms with Gasteiger partial charge in [-0.2, -0.15) is 0 Å². The molecule has 0 saturated heterocycles. The number of carbonyl (C=O) groups excluding carboxylic acids is 2. The van der Waals surface area contributed by atoms with Crippen molar-refractivity contribution >= 4 is 29.1 Å². The van der Waals surface area contributed by atoms with Crippen molar-refractivity contribution in [2.24, 2.45) is 0 Å². The van der Waals surface area contributed by atoms with Crippen molar-refractivity contribution in [3.63, 3.8) is 0 Å². The minimum absolute atomic E-state index is 0.132. The molecular weight excluding hydrogens is 326 g/mol. The van der Waals surface area contributed by atoms with Crippen LogP contribution >= 0.6 is 11.6 Å². The zero-order chi connectivity index (χ0) is 17.5. The second-order valence-electron chi connectivity index (χ2n) is 5.45. The Bertz CT molecular complexity index is 719. The van der Waals surface area contributed by atoms with Crippen LogP contribution in [0.25, 0.3) is 0 Å². The summed E-state index contributed by atoms with van der Waals surface area (Å²) in [6.45, 7) is 4.04. The van der Waals surface area contributed by atoms with E-state index in [0.29, 0.717) is 23.8 Å². The van der Waals surface area contributed by atoms with Crippen molar-refractivity contribution in [1.82, 2.24) is 10.3 Å². The molecule has 0 aliphatic carbocycles. The molecule has 2 rings (SSSR count). The Balaban J connectivity index is 1.92. The van der Waals surface area contributed by atoms with Crippen molar-refractivity contribution in [1.29, 1.82) is 0 Å². The van der Waals surface area contributed by atoms with Gasteiger partial charge in [-0.25, -0.2) is 0 Å². The van der Waals surface area contributed by atoms with Crippen LogP contribution in [0, 0.1) is 6.92 Å². The average Bonchev–Trinajstić information content (AvgIpc) is 2.57. The Hall–Kier alpha value is -2.40. The zero-order valence-corrected chi connectivity index (χ0v) is 14.5. The first-order chi connectivity index (χ1) is 11.5. The Kier molecular flexibility index (Phi) is 6.32. The molecule has 2 amide bonds. The molecule has 6 heteroatoms. The highest BCUT2D eigenvalue weighted by Crippen LogP contribution is 2.23. The summed E-state index contributed by atoms with van der Waals surface area (Å²) >= 11 is 6.12. The fraction of sp³-hybridized carbons (Fsp3) is 0.278. The van der Waals surface area contributed by atoms with E-state index in [1.54, 1.807) is 17.2 Å². The third kappa shape index (κ3) is 5.06. The monoisotopic (exact) mass is 345 g/mol. The summed E-state index contributed by atoms with van der Waals surface area (Å²) < 4.78 is 0. The average molecular weight is 346 g/mol. The van der Waals surface area contributed by atoms with Crippen molar-refractivity contribution in [2.45, 2.75) is 26.8 Å². The van der Waals surface area contributed by atoms with Crippen molar-refractivity contribution in [2.75, 3.05) is 11.4 Å². The van der Waals surface area contributed by atoms with E-state index in [4.69, 9.17) is 11.6 Å². The summed E-state index contributed by atoms with van der Waals surface area (Å²) in [5.41, 5.74) is 2.42. The van der Waals surface area contributed by atoms with E-state index in [2.05, 4.69) is 10.3 Å². The molecule has 1 aromatic heterocycles. The maximum Gasteiger partial charge on any atom is 0.223 e. The predicted octanol–water partition coefficient (Wildman–Crippen LogP) is 3.10. The third-order valence-corrected chi connectivity index (χ3v) is 4.01. The van der Waals surface area contributed by atoms with E-state index in [9.17, 15) is 9.59 Å². The Morgan fingerprint density at radius 2 is 2.04 bits per heavy atom. The van der Waals surface area contributed by atoms with Gasteiger partial charge in [0, 0.05) is 36.8 Å². The number of amides is 2. The summed E-state index contributed by atoms with van der Waals surface area (Å²) in [5.74, 6) is -0.266. The van der Waals surface area contributed by atoms with Crippen LogP contribution in [0.3, 0.4) is 0 Å². The first-order valence-electron chi connectivity index (χ1n) is 7.68. The summed E-state index contributed by atoms with van der Waals surface area (Å²) in [6.07, 6.45) is 1.89. The quantitative estimate of drug-likeness (QED) is 0.875. The van der Waals surface area contributed by atoms with Crippen molar-refractivity contribution in [3.05, 3.63) is 58.9 Å². The van der Waals surface area contributed by atoms with Gasteiger partial charge < -0.3 is 10.2 Å². The third-order valence-electron chi connectivity index (χ3n) is 3.60. The number of rotatable bonds is 6. The van der Waals surface area contributed by atoms with Crippen molar-refractivity contribution < 1.29 is 9.59 Å². The molecule has 0 unspecified atom stereocenters. The van der Waals surface area contributed by atoms with Crippen LogP contribution in [0.2, 0.25) is 5.02 Å². The van der Waals surface area contributed by atoms with Gasteiger partial charge in [0.1, 0.15) is 0 Å². The molecule has 5 nitrogen and oxygen atoms in total. The largest absolute Gasteiger partial charge is 0.350 e. The molecule has 0 aliphatic rings. The molecule has 126 valence electrons. The lowest BCUT2D eigenvalue weighted by atomic mass is 10.2. The number of aromatic nitrogens is 1. The number of anilines is 1. The topological polar surface area (TPSA) is 62.3 Å². The maximum absolute atomic E-state index is 12.0. The lowest BCUT2D eigenvalue weighted by molar-refractivity contribution is -0.121. The number of hydrogen-bond donors (Lipinski definition) is 1. The second kappa shape index (κ2) is 8.45. The first kappa shape index (κ1) is 17.9. The maximum atomic E-state index is 12.0. The molecule has 0 aliphatic heterocycles. The highest BCUT2D eigenvalue weighted by Gasteiger charge is 2.14. The molecule has 0 spiro atoms. The van der Waals surface area contributed by atoms with Gasteiger partial charge in [-0.15, -0.1) is 0 Å². The summed E-state index contributed by atoms with van der Waals surface area (Å²) in [4.78, 5) is 29.6. The molecule has 1 heterocycles. The molecule has 0 atom stereocenters. The summed E-state index contributed by atoms with van der Waals surface area (Å²) in [6, 6.07) is 11.0. The number of aryl methyl sites for hydroxylation is 1. The standard InChI is InChI=1S/C18H20ClN3O2/c1-13-6-7-16(11-17(13)19)22(14(2)23)10-8-18(24)21-12-15-5-3-4-9-20-15/h3-7,9,11H,8,10,12H2,1-2H3,(H,21,24). The molecule has 0 bridgehead atoms. The Morgan fingerprint density at radius 3 is 2.67 bits per heavy atom. The summed E-state index contributed by atoms with van der Waals surface area (Å²) in [7, 11) is 0. The number of benzene rings is 1. The number of halogens is 1. The molecule has 24 heavy (non-hydrogen) atoms. The van der Waals surface area contributed by atoms with Crippen LogP contribution < -0.4 is 10.2 Å². The number of carbonyl (C=O) groups is 2. The lowest BCUT2D eigenvalue weighted by Crippen LogP contribution is -2.33. The molecule has 0 radical (unpaired) electrons. The first-order valence-corrected chi connectivity index (χ1v) is 8.06. The zero-order valence-electron chi connectivity index (χ0n) is 13.8. The SMILES string of the molecule is CC(=O)N(CCC(=O)NCc1ccccn1)c1ccc(C)c(Cl)c1. The van der Waals surface area contributed by atoms with Crippen LogP contribution in [0.4, 0.5) is 5.69 Å². The fourth-order valence-corrected chi connectivity index (χ4v) is 2.39. The minimum atomic E-state index is -0.134. The van der Waals surface area contributed by atoms with Gasteiger partial charge >= 0.3 is 0 Å². The Labute approximate surface area is 146 Å². The van der Waals surface area contributed by atoms with Gasteiger partial charge in [0.2, 0.25) is 11.8 Å². The molecule has 1 N–H and O–H groups in total. The Morgan fingerprint density at radius 1 is 1.25 bits per heavy atom. The van der Waals surface area contributed by atoms with Crippen LogP contribution in [-0.4, -0.2) is 23.3 Å². The number of pyridine rings is 1. The molecule has 0 saturated carbocycles. The van der Waals surface area contributed by atoms with Gasteiger partial charge in [0.05, 0.1) is 12.2 Å². The molecular formula is C18H20ClN3O2. The highest BCUT2D eigenvalue weighted by atomic mass is 35.5. The van der Waals surface area contributed by atoms with E-state index in [-0.39, 0.29) is 18.2 Å². The molecule has 1 aromatic carbocycles. The lowest BCUT2D eigenvalue weighted by Gasteiger charge is -2.21. The number of hydrogen-bond acceptors (Lipinski definition) is 3. The smallest absolute Gasteiger partial charge is 0.223 e. The van der Waals surface area contributed by atoms with E-state index < -0.39 is 0 Å². The van der Waals surface area contributed by atoms with E-state index in [0.717, 1.165) is 11.3 Å². The fourth-order valence-electron chi connectivity index (χ4n) is 2.21. The van der Waals surface area contributed by atoms with Gasteiger partial charge in [-0.3, -0.25) is 14.6 Å². The van der Waals surface area contributed by atoms with E-state index in [1.807, 2.05) is 37.3 Å². The summed E-state index contributed by atoms with van der Waals surface area (Å²) in [5, 5.41) is 3.40. The molecule has 2 aromatic rings. The van der Waals surface area contributed by atoms with Gasteiger partial charge in [0.15, 0.2) is 0 Å². The van der Waals surface area contributed by atoms with Crippen LogP contribution in [0.5, 0.6) is 0 Å². The number of nitrogens with one attached hydrogen (secondary N) is 1. The van der Waals surface area contributed by atoms with Gasteiger partial charge in [0.25, 0.3) is 0 Å². The van der Waals surface area contributed by atoms with Crippen LogP contribution in [0.15, 0.2) is 42.6 Å². The van der Waals surface area contributed by atoms with E-state index >= 15 is 0 Å². The van der Waals surface area contributed by atoms with Crippen molar-refractivity contribution in [3.8, 4) is 0 Å². The normalized spacial score (nSPS) is 10.3. The highest BCUT2D eigenvalue weighted by molar-refractivity contribution is 6.31. The predicted molar refractivity (Wildman–Crippen MR) is 94.9 cm³/mol. The van der Waals surface area contributed by atoms with Crippen LogP contribution in [-0.2, 0) is 16.1 Å². The number of nitrogens with zero attached hydrogens (tertiary/aromatic N) is 2.